The summed E-state index contributed by atoms with van der Waals surface area (Å²) >= 11 is 0. The number of carbonyl (C=O) groups is 1. The lowest BCUT2D eigenvalue weighted by Crippen LogP contribution is -2.33. The molecule has 0 unspecified atom stereocenters. The van der Waals surface area contributed by atoms with Crippen molar-refractivity contribution in [3.63, 3.8) is 0 Å². The molecule has 5 heteroatoms. The molecule has 0 bridgehead atoms. The van der Waals surface area contributed by atoms with E-state index in [0.717, 1.165) is 55.0 Å². The molecule has 1 aromatic heterocycles. The number of cyclic esters (lactones) is 1. The van der Waals surface area contributed by atoms with Crippen molar-refractivity contribution < 1.29 is 9.53 Å². The van der Waals surface area contributed by atoms with Crippen LogP contribution < -0.4 is 0 Å². The molecular weight excluding hydrogens is 386 g/mol. The van der Waals surface area contributed by atoms with Gasteiger partial charge in [-0.3, -0.25) is 4.90 Å². The minimum absolute atomic E-state index is 0.197. The van der Waals surface area contributed by atoms with E-state index in [1.54, 1.807) is 0 Å². The van der Waals surface area contributed by atoms with E-state index < -0.39 is 0 Å². The lowest BCUT2D eigenvalue weighted by molar-refractivity contribution is 0.0535. The van der Waals surface area contributed by atoms with Crippen molar-refractivity contribution in [2.45, 2.75) is 46.8 Å². The zero-order valence-corrected chi connectivity index (χ0v) is 18.4. The number of carbonyl (C=O) groups excluding carboxylic acids is 1. The van der Waals surface area contributed by atoms with Gasteiger partial charge in [0.2, 0.25) is 0 Å². The van der Waals surface area contributed by atoms with E-state index >= 15 is 0 Å². The highest BCUT2D eigenvalue weighted by atomic mass is 16.5. The Morgan fingerprint density at radius 1 is 1.10 bits per heavy atom. The summed E-state index contributed by atoms with van der Waals surface area (Å²) in [6.07, 6.45) is 3.91. The summed E-state index contributed by atoms with van der Waals surface area (Å²) in [5.41, 5.74) is 10.3. The quantitative estimate of drug-likeness (QED) is 0.596. The van der Waals surface area contributed by atoms with Crippen LogP contribution in [0.15, 0.2) is 36.5 Å². The summed E-state index contributed by atoms with van der Waals surface area (Å²) in [7, 11) is 0. The molecule has 0 N–H and O–H groups in total. The molecule has 0 spiro atoms. The van der Waals surface area contributed by atoms with Crippen molar-refractivity contribution in [2.75, 3.05) is 13.1 Å². The van der Waals surface area contributed by atoms with Crippen LogP contribution in [0.1, 0.15) is 49.4 Å². The summed E-state index contributed by atoms with van der Waals surface area (Å²) in [5, 5.41) is 0. The van der Waals surface area contributed by atoms with Crippen molar-refractivity contribution >= 4 is 5.97 Å². The van der Waals surface area contributed by atoms with Crippen LogP contribution in [0.3, 0.4) is 0 Å². The minimum atomic E-state index is -0.197. The number of hydrogen-bond acceptors (Lipinski definition) is 5. The molecule has 5 nitrogen and oxygen atoms in total. The van der Waals surface area contributed by atoms with E-state index in [9.17, 15) is 4.79 Å². The minimum Gasteiger partial charge on any atom is -0.457 e. The summed E-state index contributed by atoms with van der Waals surface area (Å²) < 4.78 is 5.18. The van der Waals surface area contributed by atoms with Crippen molar-refractivity contribution in [1.29, 1.82) is 0 Å². The van der Waals surface area contributed by atoms with Gasteiger partial charge in [-0.15, -0.1) is 0 Å². The van der Waals surface area contributed by atoms with Crippen LogP contribution in [0, 0.1) is 20.8 Å². The topological polar surface area (TPSA) is 55.3 Å². The van der Waals surface area contributed by atoms with Crippen LogP contribution in [-0.4, -0.2) is 33.9 Å². The fourth-order valence-corrected chi connectivity index (χ4v) is 4.71. The maximum Gasteiger partial charge on any atom is 0.338 e. The molecule has 0 amide bonds. The molecule has 5 rings (SSSR count). The monoisotopic (exact) mass is 413 g/mol. The molecule has 3 heterocycles. The largest absolute Gasteiger partial charge is 0.457 e. The number of aromatic nitrogens is 2. The Labute approximate surface area is 183 Å². The van der Waals surface area contributed by atoms with Crippen LogP contribution >= 0.6 is 0 Å². The molecule has 0 saturated carbocycles. The van der Waals surface area contributed by atoms with Gasteiger partial charge in [-0.1, -0.05) is 29.8 Å². The predicted octanol–water partition coefficient (Wildman–Crippen LogP) is 4.34. The second kappa shape index (κ2) is 7.89. The first-order valence-corrected chi connectivity index (χ1v) is 10.9. The Balaban J connectivity index is 1.28. The second-order valence-electron chi connectivity index (χ2n) is 8.71. The van der Waals surface area contributed by atoms with Gasteiger partial charge in [0, 0.05) is 48.9 Å². The Kier molecular flexibility index (Phi) is 5.06. The van der Waals surface area contributed by atoms with E-state index in [1.807, 2.05) is 12.3 Å². The van der Waals surface area contributed by atoms with Gasteiger partial charge in [0.25, 0.3) is 0 Å². The third-order valence-corrected chi connectivity index (χ3v) is 6.61. The molecule has 0 fully saturated rings. The summed E-state index contributed by atoms with van der Waals surface area (Å²) in [4.78, 5) is 23.8. The zero-order chi connectivity index (χ0) is 21.5. The number of aryl methyl sites for hydroxylation is 2. The Bertz CT molecular complexity index is 1190. The number of ether oxygens (including phenoxy) is 1. The third kappa shape index (κ3) is 3.74. The van der Waals surface area contributed by atoms with E-state index in [1.165, 1.54) is 33.5 Å². The average molecular weight is 414 g/mol. The molecular formula is C26H27N3O2. The Morgan fingerprint density at radius 2 is 1.94 bits per heavy atom. The number of hydrogen-bond donors (Lipinski definition) is 0. The highest BCUT2D eigenvalue weighted by Gasteiger charge is 2.24. The van der Waals surface area contributed by atoms with Crippen molar-refractivity contribution in [2.24, 2.45) is 0 Å². The molecule has 2 aliphatic rings. The number of benzene rings is 2. The molecule has 0 saturated heterocycles. The van der Waals surface area contributed by atoms with Crippen LogP contribution in [0.2, 0.25) is 0 Å². The molecule has 2 aromatic carbocycles. The molecule has 3 aromatic rings. The normalized spacial score (nSPS) is 15.5. The molecule has 0 aliphatic carbocycles. The van der Waals surface area contributed by atoms with Gasteiger partial charge in [0.15, 0.2) is 5.82 Å². The maximum atomic E-state index is 11.8. The number of rotatable bonds is 4. The van der Waals surface area contributed by atoms with Gasteiger partial charge in [-0.25, -0.2) is 14.8 Å². The first-order valence-electron chi connectivity index (χ1n) is 10.9. The predicted molar refractivity (Wildman–Crippen MR) is 120 cm³/mol. The number of fused-ring (bicyclic) bond motifs is 2. The van der Waals surface area contributed by atoms with Gasteiger partial charge < -0.3 is 4.74 Å². The average Bonchev–Trinajstić information content (AvgIpc) is 3.14. The molecule has 0 radical (unpaired) electrons. The fraction of sp³-hybridized carbons (Fsp3) is 0.346. The van der Waals surface area contributed by atoms with E-state index in [0.29, 0.717) is 6.61 Å². The fourth-order valence-electron chi connectivity index (χ4n) is 4.71. The van der Waals surface area contributed by atoms with Gasteiger partial charge in [-0.2, -0.15) is 0 Å². The zero-order valence-electron chi connectivity index (χ0n) is 18.4. The summed E-state index contributed by atoms with van der Waals surface area (Å²) in [5.74, 6) is 0.632. The summed E-state index contributed by atoms with van der Waals surface area (Å²) in [6, 6.07) is 10.4. The van der Waals surface area contributed by atoms with Crippen LogP contribution in [-0.2, 0) is 30.7 Å². The smallest absolute Gasteiger partial charge is 0.338 e. The van der Waals surface area contributed by atoms with E-state index in [2.05, 4.69) is 54.9 Å². The molecule has 0 atom stereocenters. The Morgan fingerprint density at radius 3 is 2.77 bits per heavy atom. The first kappa shape index (κ1) is 19.9. The third-order valence-electron chi connectivity index (χ3n) is 6.61. The lowest BCUT2D eigenvalue weighted by Gasteiger charge is -2.28. The van der Waals surface area contributed by atoms with Crippen LogP contribution in [0.4, 0.5) is 0 Å². The van der Waals surface area contributed by atoms with Gasteiger partial charge in [0.1, 0.15) is 6.61 Å². The van der Waals surface area contributed by atoms with Gasteiger partial charge in [0.05, 0.1) is 11.3 Å². The SMILES string of the molecule is Cc1ccc(-c2ncc3c(n2)CCN(CCc2ccc4c(c2C)COC4=O)C3)c(C)c1. The second-order valence-corrected chi connectivity index (χ2v) is 8.71. The lowest BCUT2D eigenvalue weighted by atomic mass is 9.96. The maximum absolute atomic E-state index is 11.8. The first-order chi connectivity index (χ1) is 15.0. The van der Waals surface area contributed by atoms with Crippen molar-refractivity contribution in [3.8, 4) is 11.4 Å². The van der Waals surface area contributed by atoms with Crippen LogP contribution in [0.25, 0.3) is 11.4 Å². The highest BCUT2D eigenvalue weighted by Crippen LogP contribution is 2.27. The Hall–Kier alpha value is -3.05. The van der Waals surface area contributed by atoms with E-state index in [-0.39, 0.29) is 5.97 Å². The molecule has 31 heavy (non-hydrogen) atoms. The number of nitrogens with zero attached hydrogens (tertiary/aromatic N) is 3. The highest BCUT2D eigenvalue weighted by molar-refractivity contribution is 5.93. The van der Waals surface area contributed by atoms with Crippen LogP contribution in [0.5, 0.6) is 0 Å². The summed E-state index contributed by atoms with van der Waals surface area (Å²) in [6.45, 7) is 9.60. The van der Waals surface area contributed by atoms with E-state index in [4.69, 9.17) is 9.72 Å². The van der Waals surface area contributed by atoms with Crippen molar-refractivity contribution in [3.05, 3.63) is 81.2 Å². The van der Waals surface area contributed by atoms with Crippen molar-refractivity contribution in [1.82, 2.24) is 14.9 Å². The number of esters is 1. The standard InChI is InChI=1S/C26H27N3O2/c1-16-4-6-21(17(2)12-16)25-27-13-20-14-29(11-9-24(20)28-25)10-8-19-5-7-22-23(18(19)3)15-31-26(22)30/h4-7,12-13H,8-11,14-15H2,1-3H3. The van der Waals surface area contributed by atoms with Gasteiger partial charge in [-0.05, 0) is 49.9 Å². The molecule has 2 aliphatic heterocycles. The molecule has 158 valence electrons. The van der Waals surface area contributed by atoms with Gasteiger partial charge >= 0.3 is 5.97 Å².